The number of para-hydroxylation sites is 2. The second kappa shape index (κ2) is 11.8. The average molecular weight is 576 g/mol. The molecule has 3 aliphatic rings. The summed E-state index contributed by atoms with van der Waals surface area (Å²) >= 11 is 6.51. The lowest BCUT2D eigenvalue weighted by atomic mass is 9.94. The second-order valence-corrected chi connectivity index (χ2v) is 12.7. The molecule has 41 heavy (non-hydrogen) atoms. The standard InChI is InChI=1S/C33H42ClN5O2/c1-22-9-10-28(21-30(22)34)38(33(41)25-13-17-36(18-14-25)24(3)40)16-6-15-37-26-11-12-27(37)20-29(19-26)39-23(2)35-31-7-4-5-8-32(31)39/h4-5,7-10,21,25-27,29H,6,11-20H2,1-3H3. The maximum absolute atomic E-state index is 13.9. The normalized spacial score (nSPS) is 23.3. The Balaban J connectivity index is 1.13. The lowest BCUT2D eigenvalue weighted by Gasteiger charge is -2.40. The first kappa shape index (κ1) is 28.2. The lowest BCUT2D eigenvalue weighted by Crippen LogP contribution is -2.46. The molecule has 0 saturated carbocycles. The van der Waals surface area contributed by atoms with Crippen LogP contribution in [-0.2, 0) is 9.59 Å². The van der Waals surface area contributed by atoms with Crippen molar-refractivity contribution in [3.8, 4) is 0 Å². The lowest BCUT2D eigenvalue weighted by molar-refractivity contribution is -0.133. The van der Waals surface area contributed by atoms with Crippen LogP contribution < -0.4 is 4.90 Å². The van der Waals surface area contributed by atoms with Crippen molar-refractivity contribution in [3.05, 3.63) is 58.9 Å². The van der Waals surface area contributed by atoms with E-state index < -0.39 is 0 Å². The number of rotatable bonds is 7. The number of benzene rings is 2. The predicted octanol–water partition coefficient (Wildman–Crippen LogP) is 6.16. The molecule has 2 aromatic carbocycles. The Hall–Kier alpha value is -2.90. The molecule has 6 rings (SSSR count). The fourth-order valence-corrected chi connectivity index (χ4v) is 7.81. The van der Waals surface area contributed by atoms with Gasteiger partial charge >= 0.3 is 0 Å². The van der Waals surface area contributed by atoms with Crippen molar-refractivity contribution in [1.82, 2.24) is 19.4 Å². The summed E-state index contributed by atoms with van der Waals surface area (Å²) in [6.07, 6.45) is 7.16. The van der Waals surface area contributed by atoms with Gasteiger partial charge < -0.3 is 14.4 Å². The number of aromatic nitrogens is 2. The van der Waals surface area contributed by atoms with Gasteiger partial charge in [0.05, 0.1) is 11.0 Å². The summed E-state index contributed by atoms with van der Waals surface area (Å²) in [5.74, 6) is 1.31. The number of carbonyl (C=O) groups excluding carboxylic acids is 2. The van der Waals surface area contributed by atoms with Crippen LogP contribution in [0.15, 0.2) is 42.5 Å². The van der Waals surface area contributed by atoms with Crippen molar-refractivity contribution in [2.24, 2.45) is 5.92 Å². The third kappa shape index (κ3) is 5.63. The van der Waals surface area contributed by atoms with Gasteiger partial charge in [-0.25, -0.2) is 4.98 Å². The van der Waals surface area contributed by atoms with Gasteiger partial charge in [-0.05, 0) is 88.6 Å². The van der Waals surface area contributed by atoms with E-state index in [0.717, 1.165) is 48.4 Å². The molecular formula is C33H42ClN5O2. The third-order valence-electron chi connectivity index (χ3n) is 9.82. The van der Waals surface area contributed by atoms with E-state index in [4.69, 9.17) is 16.6 Å². The number of imidazole rings is 1. The molecule has 4 heterocycles. The van der Waals surface area contributed by atoms with Crippen LogP contribution in [0.5, 0.6) is 0 Å². The number of anilines is 1. The molecule has 2 unspecified atom stereocenters. The molecule has 0 aliphatic carbocycles. The van der Waals surface area contributed by atoms with E-state index in [1.165, 1.54) is 18.4 Å². The minimum absolute atomic E-state index is 0.0640. The van der Waals surface area contributed by atoms with E-state index >= 15 is 0 Å². The minimum Gasteiger partial charge on any atom is -0.343 e. The van der Waals surface area contributed by atoms with Crippen LogP contribution in [0.4, 0.5) is 5.69 Å². The number of hydrogen-bond donors (Lipinski definition) is 0. The first-order valence-corrected chi connectivity index (χ1v) is 15.7. The van der Waals surface area contributed by atoms with Crippen LogP contribution >= 0.6 is 11.6 Å². The first-order chi connectivity index (χ1) is 19.8. The van der Waals surface area contributed by atoms with Crippen LogP contribution in [0.1, 0.15) is 69.3 Å². The van der Waals surface area contributed by atoms with Gasteiger partial charge in [0.25, 0.3) is 0 Å². The van der Waals surface area contributed by atoms with Crippen LogP contribution in [0.2, 0.25) is 5.02 Å². The van der Waals surface area contributed by atoms with Crippen LogP contribution in [-0.4, -0.2) is 69.4 Å². The summed E-state index contributed by atoms with van der Waals surface area (Å²) in [6.45, 7) is 8.71. The number of piperidine rings is 2. The Labute approximate surface area is 248 Å². The van der Waals surface area contributed by atoms with Crippen LogP contribution in [0, 0.1) is 19.8 Å². The Morgan fingerprint density at radius 3 is 2.37 bits per heavy atom. The van der Waals surface area contributed by atoms with Gasteiger partial charge in [-0.3, -0.25) is 14.5 Å². The summed E-state index contributed by atoms with van der Waals surface area (Å²) < 4.78 is 2.48. The monoisotopic (exact) mass is 575 g/mol. The maximum atomic E-state index is 13.9. The Morgan fingerprint density at radius 2 is 1.68 bits per heavy atom. The molecule has 3 aliphatic heterocycles. The SMILES string of the molecule is CC(=O)N1CCC(C(=O)N(CCCN2C3CCC2CC(n2c(C)nc4ccccc42)C3)c2ccc(C)c(Cl)c2)CC1. The van der Waals surface area contributed by atoms with Gasteiger partial charge in [0.1, 0.15) is 5.82 Å². The number of likely N-dealkylation sites (tertiary alicyclic amines) is 1. The fourth-order valence-electron chi connectivity index (χ4n) is 7.64. The van der Waals surface area contributed by atoms with Gasteiger partial charge in [-0.2, -0.15) is 0 Å². The zero-order valence-electron chi connectivity index (χ0n) is 24.6. The molecule has 0 N–H and O–H groups in total. The molecular weight excluding hydrogens is 534 g/mol. The van der Waals surface area contributed by atoms with E-state index in [2.05, 4.69) is 40.7 Å². The number of fused-ring (bicyclic) bond motifs is 3. The van der Waals surface area contributed by atoms with Gasteiger partial charge in [-0.1, -0.05) is 29.8 Å². The van der Waals surface area contributed by atoms with E-state index in [0.29, 0.717) is 55.6 Å². The number of carbonyl (C=O) groups is 2. The Morgan fingerprint density at radius 1 is 0.976 bits per heavy atom. The number of aryl methyl sites for hydroxylation is 2. The number of hydrogen-bond acceptors (Lipinski definition) is 4. The fraction of sp³-hybridized carbons (Fsp3) is 0.545. The number of amides is 2. The van der Waals surface area contributed by atoms with Crippen molar-refractivity contribution in [2.45, 2.75) is 83.8 Å². The summed E-state index contributed by atoms with van der Waals surface area (Å²) in [5.41, 5.74) is 4.23. The molecule has 3 fully saturated rings. The summed E-state index contributed by atoms with van der Waals surface area (Å²) in [7, 11) is 0. The van der Waals surface area contributed by atoms with E-state index in [1.807, 2.05) is 34.9 Å². The second-order valence-electron chi connectivity index (χ2n) is 12.3. The van der Waals surface area contributed by atoms with Gasteiger partial charge in [-0.15, -0.1) is 0 Å². The molecule has 2 atom stereocenters. The highest BCUT2D eigenvalue weighted by Crippen LogP contribution is 2.42. The molecule has 3 aromatic rings. The zero-order valence-corrected chi connectivity index (χ0v) is 25.3. The highest BCUT2D eigenvalue weighted by Gasteiger charge is 2.41. The molecule has 2 bridgehead atoms. The van der Waals surface area contributed by atoms with Gasteiger partial charge in [0, 0.05) is 67.9 Å². The van der Waals surface area contributed by atoms with E-state index in [-0.39, 0.29) is 17.7 Å². The van der Waals surface area contributed by atoms with Crippen molar-refractivity contribution in [3.63, 3.8) is 0 Å². The summed E-state index contributed by atoms with van der Waals surface area (Å²) in [5, 5.41) is 0.689. The zero-order chi connectivity index (χ0) is 28.7. The molecule has 7 nitrogen and oxygen atoms in total. The first-order valence-electron chi connectivity index (χ1n) is 15.3. The molecule has 1 aromatic heterocycles. The molecule has 0 radical (unpaired) electrons. The average Bonchev–Trinajstić information content (AvgIpc) is 3.42. The number of nitrogens with zero attached hydrogens (tertiary/aromatic N) is 5. The topological polar surface area (TPSA) is 61.7 Å². The predicted molar refractivity (Wildman–Crippen MR) is 164 cm³/mol. The van der Waals surface area contributed by atoms with E-state index in [1.54, 1.807) is 6.92 Å². The molecule has 0 spiro atoms. The minimum atomic E-state index is -0.0640. The largest absolute Gasteiger partial charge is 0.343 e. The maximum Gasteiger partial charge on any atom is 0.230 e. The summed E-state index contributed by atoms with van der Waals surface area (Å²) in [6, 6.07) is 16.1. The Bertz CT molecular complexity index is 1410. The van der Waals surface area contributed by atoms with Gasteiger partial charge in [0.15, 0.2) is 0 Å². The molecule has 2 amide bonds. The van der Waals surface area contributed by atoms with Crippen molar-refractivity contribution in [2.75, 3.05) is 31.1 Å². The highest BCUT2D eigenvalue weighted by atomic mass is 35.5. The van der Waals surface area contributed by atoms with E-state index in [9.17, 15) is 9.59 Å². The molecule has 218 valence electrons. The smallest absolute Gasteiger partial charge is 0.230 e. The van der Waals surface area contributed by atoms with Gasteiger partial charge in [0.2, 0.25) is 11.8 Å². The molecule has 3 saturated heterocycles. The Kier molecular flexibility index (Phi) is 8.10. The third-order valence-corrected chi connectivity index (χ3v) is 10.2. The number of halogens is 1. The quantitative estimate of drug-likeness (QED) is 0.339. The molecule has 8 heteroatoms. The highest BCUT2D eigenvalue weighted by molar-refractivity contribution is 6.31. The van der Waals surface area contributed by atoms with Crippen molar-refractivity contribution in [1.29, 1.82) is 0 Å². The van der Waals surface area contributed by atoms with Crippen molar-refractivity contribution < 1.29 is 9.59 Å². The van der Waals surface area contributed by atoms with Crippen LogP contribution in [0.3, 0.4) is 0 Å². The van der Waals surface area contributed by atoms with Crippen molar-refractivity contribution >= 4 is 40.1 Å². The van der Waals surface area contributed by atoms with Crippen LogP contribution in [0.25, 0.3) is 11.0 Å². The summed E-state index contributed by atoms with van der Waals surface area (Å²) in [4.78, 5) is 37.1.